The molecule has 4 saturated carbocycles. The standard InChI is InChI=1S/C28H47NO2S/c1-4-20-19-22-24-12-11-21(9-7-17-31-26(30)29-16-8-18-32-29)27(24,2)15-13-25(22)28(3)14-6-5-10-23(20)28/h20-25H,4-19H2,1-3H3/t20-,21?,22?,23?,24?,25-,27?,28?/m0/s1. The molecule has 1 amide bonds. The van der Waals surface area contributed by atoms with E-state index in [1.54, 1.807) is 16.3 Å². The van der Waals surface area contributed by atoms with Crippen molar-refractivity contribution in [3.63, 3.8) is 0 Å². The Labute approximate surface area is 201 Å². The Morgan fingerprint density at radius 2 is 1.84 bits per heavy atom. The molecule has 1 saturated heterocycles. The monoisotopic (exact) mass is 461 g/mol. The van der Waals surface area contributed by atoms with Gasteiger partial charge in [0.1, 0.15) is 0 Å². The summed E-state index contributed by atoms with van der Waals surface area (Å²) in [5.41, 5.74) is 1.16. The van der Waals surface area contributed by atoms with Gasteiger partial charge in [0, 0.05) is 12.3 Å². The highest BCUT2D eigenvalue weighted by Crippen LogP contribution is 2.69. The summed E-state index contributed by atoms with van der Waals surface area (Å²) in [5, 5.41) is 0. The quantitative estimate of drug-likeness (QED) is 0.307. The average Bonchev–Trinajstić information content (AvgIpc) is 3.44. The Morgan fingerprint density at radius 3 is 2.62 bits per heavy atom. The lowest BCUT2D eigenvalue weighted by atomic mass is 9.42. The normalized spacial score (nSPS) is 45.8. The van der Waals surface area contributed by atoms with Gasteiger partial charge in [-0.1, -0.05) is 40.0 Å². The van der Waals surface area contributed by atoms with Crippen LogP contribution in [0.1, 0.15) is 104 Å². The highest BCUT2D eigenvalue weighted by molar-refractivity contribution is 7.97. The number of hydrogen-bond acceptors (Lipinski definition) is 3. The molecule has 4 heteroatoms. The molecule has 8 atom stereocenters. The van der Waals surface area contributed by atoms with Crippen LogP contribution >= 0.6 is 11.9 Å². The number of nitrogens with zero attached hydrogens (tertiary/aromatic N) is 1. The van der Waals surface area contributed by atoms with E-state index < -0.39 is 0 Å². The molecule has 0 radical (unpaired) electrons. The van der Waals surface area contributed by atoms with Crippen LogP contribution in [-0.4, -0.2) is 29.3 Å². The summed E-state index contributed by atoms with van der Waals surface area (Å²) in [6.45, 7) is 9.32. The van der Waals surface area contributed by atoms with Crippen LogP contribution in [0.15, 0.2) is 0 Å². The smallest absolute Gasteiger partial charge is 0.419 e. The Hall–Kier alpha value is -0.380. The SMILES string of the molecule is CC[C@H]1CC2C3CCC(CCCOC(=O)N4CCCS4)C3(C)CC[C@@H]2C2(C)CCCCC12. The van der Waals surface area contributed by atoms with E-state index in [1.165, 1.54) is 70.6 Å². The first-order chi connectivity index (χ1) is 15.5. The molecule has 5 fully saturated rings. The van der Waals surface area contributed by atoms with Crippen molar-refractivity contribution < 1.29 is 9.53 Å². The summed E-state index contributed by atoms with van der Waals surface area (Å²) in [6.07, 6.45) is 18.0. The minimum atomic E-state index is -0.105. The summed E-state index contributed by atoms with van der Waals surface area (Å²) < 4.78 is 7.41. The van der Waals surface area contributed by atoms with Crippen LogP contribution in [0.4, 0.5) is 4.79 Å². The fourth-order valence-electron chi connectivity index (χ4n) is 9.76. The zero-order valence-electron chi connectivity index (χ0n) is 20.9. The van der Waals surface area contributed by atoms with Crippen LogP contribution in [0.5, 0.6) is 0 Å². The third kappa shape index (κ3) is 3.93. The zero-order valence-corrected chi connectivity index (χ0v) is 21.8. The number of fused-ring (bicyclic) bond motifs is 5. The molecule has 0 N–H and O–H groups in total. The Kier molecular flexibility index (Phi) is 6.82. The summed E-state index contributed by atoms with van der Waals surface area (Å²) in [5.74, 6) is 6.80. The van der Waals surface area contributed by atoms with Crippen molar-refractivity contribution in [2.24, 2.45) is 46.3 Å². The maximum atomic E-state index is 12.2. The van der Waals surface area contributed by atoms with E-state index in [9.17, 15) is 4.79 Å². The fourth-order valence-corrected chi connectivity index (χ4v) is 10.7. The third-order valence-corrected chi connectivity index (χ3v) is 12.5. The Bertz CT molecular complexity index is 678. The van der Waals surface area contributed by atoms with Crippen LogP contribution < -0.4 is 0 Å². The molecular formula is C28H47NO2S. The summed E-state index contributed by atoms with van der Waals surface area (Å²) in [7, 11) is 0. The Balaban J connectivity index is 1.21. The van der Waals surface area contributed by atoms with Gasteiger partial charge in [0.25, 0.3) is 0 Å². The lowest BCUT2D eigenvalue weighted by Gasteiger charge is -2.62. The minimum Gasteiger partial charge on any atom is -0.449 e. The van der Waals surface area contributed by atoms with Gasteiger partial charge in [-0.15, -0.1) is 0 Å². The highest BCUT2D eigenvalue weighted by atomic mass is 32.2. The molecule has 32 heavy (non-hydrogen) atoms. The summed E-state index contributed by atoms with van der Waals surface area (Å²) in [4.78, 5) is 12.2. The second-order valence-electron chi connectivity index (χ2n) is 12.5. The van der Waals surface area contributed by atoms with Crippen molar-refractivity contribution >= 4 is 18.0 Å². The average molecular weight is 462 g/mol. The molecule has 182 valence electrons. The van der Waals surface area contributed by atoms with Crippen LogP contribution in [0.2, 0.25) is 0 Å². The second-order valence-corrected chi connectivity index (χ2v) is 13.6. The van der Waals surface area contributed by atoms with Crippen molar-refractivity contribution in [1.29, 1.82) is 0 Å². The van der Waals surface area contributed by atoms with E-state index in [1.807, 2.05) is 0 Å². The molecule has 0 aromatic heterocycles. The molecule has 5 rings (SSSR count). The van der Waals surface area contributed by atoms with E-state index in [2.05, 4.69) is 20.8 Å². The highest BCUT2D eigenvalue weighted by Gasteiger charge is 2.60. The minimum absolute atomic E-state index is 0.105. The van der Waals surface area contributed by atoms with Crippen molar-refractivity contribution in [2.45, 2.75) is 104 Å². The van der Waals surface area contributed by atoms with E-state index in [4.69, 9.17) is 4.74 Å². The molecule has 4 aliphatic carbocycles. The molecule has 0 bridgehead atoms. The molecule has 0 spiro atoms. The number of amides is 1. The first-order valence-electron chi connectivity index (χ1n) is 14.0. The van der Waals surface area contributed by atoms with Gasteiger partial charge in [-0.05, 0) is 122 Å². The largest absolute Gasteiger partial charge is 0.449 e. The molecule has 0 aromatic rings. The number of rotatable bonds is 5. The molecular weight excluding hydrogens is 414 g/mol. The Morgan fingerprint density at radius 1 is 1.00 bits per heavy atom. The lowest BCUT2D eigenvalue weighted by molar-refractivity contribution is -0.135. The first-order valence-corrected chi connectivity index (χ1v) is 15.0. The van der Waals surface area contributed by atoms with Crippen molar-refractivity contribution in [3.8, 4) is 0 Å². The molecule has 3 nitrogen and oxygen atoms in total. The number of carbonyl (C=O) groups is 1. The van der Waals surface area contributed by atoms with Gasteiger partial charge in [0.2, 0.25) is 0 Å². The maximum Gasteiger partial charge on any atom is 0.419 e. The van der Waals surface area contributed by atoms with E-state index in [-0.39, 0.29) is 6.09 Å². The predicted molar refractivity (Wildman–Crippen MR) is 133 cm³/mol. The van der Waals surface area contributed by atoms with Crippen LogP contribution in [0, 0.1) is 46.3 Å². The predicted octanol–water partition coefficient (Wildman–Crippen LogP) is 7.94. The van der Waals surface area contributed by atoms with Gasteiger partial charge < -0.3 is 4.74 Å². The molecule has 6 unspecified atom stereocenters. The van der Waals surface area contributed by atoms with Gasteiger partial charge in [-0.25, -0.2) is 4.79 Å². The van der Waals surface area contributed by atoms with Gasteiger partial charge in [0.05, 0.1) is 6.61 Å². The molecule has 0 aromatic carbocycles. The third-order valence-electron chi connectivity index (χ3n) is 11.4. The second kappa shape index (κ2) is 9.34. The van der Waals surface area contributed by atoms with Gasteiger partial charge in [-0.3, -0.25) is 4.31 Å². The van der Waals surface area contributed by atoms with E-state index in [0.717, 1.165) is 60.6 Å². The number of hydrogen-bond donors (Lipinski definition) is 0. The fraction of sp³-hybridized carbons (Fsp3) is 0.964. The zero-order chi connectivity index (χ0) is 22.3. The van der Waals surface area contributed by atoms with Crippen LogP contribution in [-0.2, 0) is 4.74 Å². The van der Waals surface area contributed by atoms with Gasteiger partial charge in [-0.2, -0.15) is 0 Å². The van der Waals surface area contributed by atoms with Gasteiger partial charge >= 0.3 is 6.09 Å². The van der Waals surface area contributed by atoms with Crippen LogP contribution in [0.3, 0.4) is 0 Å². The molecule has 1 aliphatic heterocycles. The van der Waals surface area contributed by atoms with Crippen molar-refractivity contribution in [1.82, 2.24) is 4.31 Å². The first kappa shape index (κ1) is 23.4. The summed E-state index contributed by atoms with van der Waals surface area (Å²) in [6, 6.07) is 0. The van der Waals surface area contributed by atoms with Crippen molar-refractivity contribution in [3.05, 3.63) is 0 Å². The van der Waals surface area contributed by atoms with E-state index in [0.29, 0.717) is 17.4 Å². The topological polar surface area (TPSA) is 29.5 Å². The van der Waals surface area contributed by atoms with E-state index >= 15 is 0 Å². The molecule has 5 aliphatic rings. The summed E-state index contributed by atoms with van der Waals surface area (Å²) >= 11 is 1.63. The van der Waals surface area contributed by atoms with Gasteiger partial charge in [0.15, 0.2) is 0 Å². The van der Waals surface area contributed by atoms with Crippen molar-refractivity contribution in [2.75, 3.05) is 18.9 Å². The number of carbonyl (C=O) groups excluding carboxylic acids is 1. The lowest BCUT2D eigenvalue weighted by Crippen LogP contribution is -2.55. The maximum absolute atomic E-state index is 12.2. The molecule has 1 heterocycles. The number of ether oxygens (including phenoxy) is 1. The van der Waals surface area contributed by atoms with Crippen LogP contribution in [0.25, 0.3) is 0 Å².